The molecule has 0 aromatic rings. The predicted molar refractivity (Wildman–Crippen MR) is 62.6 cm³/mol. The molecule has 2 heteroatoms. The average Bonchev–Trinajstić information content (AvgIpc) is 2.12. The van der Waals surface area contributed by atoms with Gasteiger partial charge in [-0.05, 0) is 31.7 Å². The zero-order valence-corrected chi connectivity index (χ0v) is 10.5. The van der Waals surface area contributed by atoms with Crippen molar-refractivity contribution in [2.45, 2.75) is 52.5 Å². The quantitative estimate of drug-likeness (QED) is 0.738. The Morgan fingerprint density at radius 3 is 2.14 bits per heavy atom. The normalized spacial score (nSPS) is 18.4. The van der Waals surface area contributed by atoms with Crippen LogP contribution in [0, 0.1) is 5.92 Å². The van der Waals surface area contributed by atoms with Gasteiger partial charge in [-0.2, -0.15) is 0 Å². The lowest BCUT2D eigenvalue weighted by molar-refractivity contribution is 0.0542. The molecular weight excluding hydrogens is 174 g/mol. The topological polar surface area (TPSA) is 21.3 Å². The molecule has 86 valence electrons. The van der Waals surface area contributed by atoms with Crippen molar-refractivity contribution in [2.75, 3.05) is 20.3 Å². The van der Waals surface area contributed by atoms with Gasteiger partial charge in [-0.3, -0.25) is 0 Å². The van der Waals surface area contributed by atoms with Crippen LogP contribution in [0.4, 0.5) is 0 Å². The first-order chi connectivity index (χ1) is 6.68. The summed E-state index contributed by atoms with van der Waals surface area (Å²) >= 11 is 0. The van der Waals surface area contributed by atoms with E-state index in [4.69, 9.17) is 4.74 Å². The van der Waals surface area contributed by atoms with Gasteiger partial charge >= 0.3 is 0 Å². The van der Waals surface area contributed by atoms with Crippen molar-refractivity contribution in [3.05, 3.63) is 0 Å². The molecule has 0 amide bonds. The number of hydrogen-bond donors (Lipinski definition) is 1. The van der Waals surface area contributed by atoms with Crippen LogP contribution >= 0.6 is 0 Å². The molecule has 14 heavy (non-hydrogen) atoms. The van der Waals surface area contributed by atoms with E-state index in [0.717, 1.165) is 19.1 Å². The monoisotopic (exact) mass is 201 g/mol. The molecule has 1 saturated carbocycles. The van der Waals surface area contributed by atoms with E-state index in [0.29, 0.717) is 5.54 Å². The van der Waals surface area contributed by atoms with Crippen LogP contribution < -0.4 is 5.32 Å². The van der Waals surface area contributed by atoms with Gasteiger partial charge < -0.3 is 10.1 Å². The molecule has 1 aliphatic rings. The average molecular weight is 201 g/mol. The van der Waals surface area contributed by atoms with Gasteiger partial charge in [0.15, 0.2) is 0 Å². The van der Waals surface area contributed by atoms with Gasteiger partial charge in [0.05, 0.1) is 6.61 Å². The summed E-state index contributed by atoms with van der Waals surface area (Å²) in [6.07, 6.45) is 3.93. The van der Waals surface area contributed by atoms with Crippen molar-refractivity contribution in [3.63, 3.8) is 0 Å². The summed E-state index contributed by atoms with van der Waals surface area (Å²) in [6, 6.07) is 0. The lowest BCUT2D eigenvalue weighted by Gasteiger charge is -2.42. The fraction of sp³-hybridized carbons (Fsp3) is 1.00. The van der Waals surface area contributed by atoms with Crippen LogP contribution in [0.15, 0.2) is 0 Å². The summed E-state index contributed by atoms with van der Waals surface area (Å²) in [5.41, 5.74) is 0.332. The molecule has 2 nitrogen and oxygen atoms in total. The van der Waals surface area contributed by atoms with E-state index in [1.807, 2.05) is 13.8 Å². The Morgan fingerprint density at radius 1 is 1.29 bits per heavy atom. The first kappa shape index (κ1) is 13.9. The van der Waals surface area contributed by atoms with Gasteiger partial charge in [0.25, 0.3) is 0 Å². The molecule has 0 atom stereocenters. The number of rotatable bonds is 5. The second kappa shape index (κ2) is 7.24. The van der Waals surface area contributed by atoms with E-state index in [-0.39, 0.29) is 0 Å². The van der Waals surface area contributed by atoms with Gasteiger partial charge in [-0.25, -0.2) is 0 Å². The number of methoxy groups -OCH3 is 1. The summed E-state index contributed by atoms with van der Waals surface area (Å²) in [5.74, 6) is 0.735. The SMILES string of the molecule is CC.COCC1(NCC(C)C)CCC1. The largest absolute Gasteiger partial charge is 0.383 e. The van der Waals surface area contributed by atoms with Crippen LogP contribution in [0.5, 0.6) is 0 Å². The Bertz CT molecular complexity index is 130. The summed E-state index contributed by atoms with van der Waals surface area (Å²) in [5, 5.41) is 3.61. The maximum Gasteiger partial charge on any atom is 0.0644 e. The molecule has 0 bridgehead atoms. The lowest BCUT2D eigenvalue weighted by atomic mass is 9.77. The highest BCUT2D eigenvalue weighted by atomic mass is 16.5. The van der Waals surface area contributed by atoms with Crippen LogP contribution in [-0.4, -0.2) is 25.8 Å². The fourth-order valence-corrected chi connectivity index (χ4v) is 1.67. The second-order valence-corrected chi connectivity index (χ2v) is 4.34. The Kier molecular flexibility index (Phi) is 7.20. The van der Waals surface area contributed by atoms with E-state index in [1.165, 1.54) is 19.3 Å². The Labute approximate surface area is 89.4 Å². The summed E-state index contributed by atoms with van der Waals surface area (Å²) in [7, 11) is 1.79. The minimum Gasteiger partial charge on any atom is -0.383 e. The molecule has 0 unspecified atom stereocenters. The van der Waals surface area contributed by atoms with E-state index in [2.05, 4.69) is 19.2 Å². The standard InChI is InChI=1S/C10H21NO.C2H6/c1-9(2)7-11-10(8-12-3)5-4-6-10;1-2/h9,11H,4-8H2,1-3H3;1-2H3. The highest BCUT2D eigenvalue weighted by Crippen LogP contribution is 2.31. The van der Waals surface area contributed by atoms with Crippen molar-refractivity contribution in [1.29, 1.82) is 0 Å². The van der Waals surface area contributed by atoms with Crippen molar-refractivity contribution >= 4 is 0 Å². The van der Waals surface area contributed by atoms with Gasteiger partial charge in [-0.15, -0.1) is 0 Å². The first-order valence-electron chi connectivity index (χ1n) is 5.92. The molecule has 0 heterocycles. The molecule has 1 fully saturated rings. The predicted octanol–water partition coefficient (Wildman–Crippen LogP) is 2.83. The third-order valence-corrected chi connectivity index (χ3v) is 2.62. The first-order valence-corrected chi connectivity index (χ1v) is 5.92. The highest BCUT2D eigenvalue weighted by molar-refractivity contribution is 4.95. The van der Waals surface area contributed by atoms with Crippen molar-refractivity contribution < 1.29 is 4.74 Å². The molecule has 1 aliphatic carbocycles. The Morgan fingerprint density at radius 2 is 1.86 bits per heavy atom. The maximum atomic E-state index is 5.22. The van der Waals surface area contributed by atoms with Crippen LogP contribution in [0.3, 0.4) is 0 Å². The minimum atomic E-state index is 0.332. The molecule has 0 spiro atoms. The number of ether oxygens (including phenoxy) is 1. The van der Waals surface area contributed by atoms with E-state index < -0.39 is 0 Å². The molecule has 1 rings (SSSR count). The van der Waals surface area contributed by atoms with Crippen molar-refractivity contribution in [3.8, 4) is 0 Å². The molecule has 1 N–H and O–H groups in total. The zero-order chi connectivity index (χ0) is 11.0. The van der Waals surface area contributed by atoms with Crippen LogP contribution in [0.1, 0.15) is 47.0 Å². The summed E-state index contributed by atoms with van der Waals surface area (Å²) in [6.45, 7) is 10.5. The van der Waals surface area contributed by atoms with E-state index in [9.17, 15) is 0 Å². The fourth-order valence-electron chi connectivity index (χ4n) is 1.67. The van der Waals surface area contributed by atoms with Crippen molar-refractivity contribution in [1.82, 2.24) is 5.32 Å². The Balaban J connectivity index is 0.000000791. The van der Waals surface area contributed by atoms with Gasteiger partial charge in [0.2, 0.25) is 0 Å². The second-order valence-electron chi connectivity index (χ2n) is 4.34. The van der Waals surface area contributed by atoms with E-state index in [1.54, 1.807) is 7.11 Å². The third kappa shape index (κ3) is 4.43. The smallest absolute Gasteiger partial charge is 0.0644 e. The number of hydrogen-bond acceptors (Lipinski definition) is 2. The zero-order valence-electron chi connectivity index (χ0n) is 10.5. The molecule has 0 saturated heterocycles. The summed E-state index contributed by atoms with van der Waals surface area (Å²) < 4.78 is 5.22. The number of nitrogens with one attached hydrogen (secondary N) is 1. The molecule has 0 aliphatic heterocycles. The van der Waals surface area contributed by atoms with Gasteiger partial charge in [0.1, 0.15) is 0 Å². The van der Waals surface area contributed by atoms with Crippen LogP contribution in [-0.2, 0) is 4.74 Å². The Hall–Kier alpha value is -0.0800. The van der Waals surface area contributed by atoms with Crippen LogP contribution in [0.25, 0.3) is 0 Å². The minimum absolute atomic E-state index is 0.332. The van der Waals surface area contributed by atoms with Gasteiger partial charge in [-0.1, -0.05) is 27.7 Å². The molecular formula is C12H27NO. The molecule has 0 aromatic heterocycles. The van der Waals surface area contributed by atoms with Gasteiger partial charge in [0, 0.05) is 12.6 Å². The lowest BCUT2D eigenvalue weighted by Crippen LogP contribution is -2.55. The highest BCUT2D eigenvalue weighted by Gasteiger charge is 2.36. The summed E-state index contributed by atoms with van der Waals surface area (Å²) in [4.78, 5) is 0. The van der Waals surface area contributed by atoms with E-state index >= 15 is 0 Å². The molecule has 0 aromatic carbocycles. The third-order valence-electron chi connectivity index (χ3n) is 2.62. The van der Waals surface area contributed by atoms with Crippen molar-refractivity contribution in [2.24, 2.45) is 5.92 Å². The maximum absolute atomic E-state index is 5.22. The molecule has 0 radical (unpaired) electrons. The van der Waals surface area contributed by atoms with Crippen LogP contribution in [0.2, 0.25) is 0 Å².